The van der Waals surface area contributed by atoms with Gasteiger partial charge in [-0.3, -0.25) is 0 Å². The number of benzene rings is 1. The van der Waals surface area contributed by atoms with E-state index in [0.29, 0.717) is 15.4 Å². The molecule has 0 fully saturated rings. The summed E-state index contributed by atoms with van der Waals surface area (Å²) in [4.78, 5) is 0.361. The van der Waals surface area contributed by atoms with Crippen LogP contribution < -0.4 is 11.1 Å². The van der Waals surface area contributed by atoms with E-state index in [1.807, 2.05) is 42.5 Å². The molecule has 2 aromatic rings. The Kier molecular flexibility index (Phi) is 2.95. The van der Waals surface area contributed by atoms with Crippen molar-refractivity contribution in [2.24, 2.45) is 0 Å². The molecule has 2 rings (SSSR count). The van der Waals surface area contributed by atoms with Crippen LogP contribution in [0.5, 0.6) is 0 Å². The lowest BCUT2D eigenvalue weighted by atomic mass is 10.2. The third-order valence-corrected chi connectivity index (χ3v) is 3.22. The summed E-state index contributed by atoms with van der Waals surface area (Å²) in [5.74, 6) is 0. The maximum atomic E-state index is 9.01. The SMILES string of the molecule is N#Cc1sc(Nc2ccccc2)c(C#N)c1N. The number of rotatable bonds is 2. The Morgan fingerprint density at radius 3 is 2.41 bits per heavy atom. The second-order valence-electron chi connectivity index (χ2n) is 3.26. The normalized spacial score (nSPS) is 9.29. The van der Waals surface area contributed by atoms with Crippen molar-refractivity contribution in [2.45, 2.75) is 0 Å². The Labute approximate surface area is 103 Å². The lowest BCUT2D eigenvalue weighted by molar-refractivity contribution is 1.49. The molecule has 1 heterocycles. The number of para-hydroxylation sites is 1. The zero-order chi connectivity index (χ0) is 12.3. The molecule has 0 amide bonds. The summed E-state index contributed by atoms with van der Waals surface area (Å²) < 4.78 is 0. The van der Waals surface area contributed by atoms with E-state index < -0.39 is 0 Å². The third-order valence-electron chi connectivity index (χ3n) is 2.19. The van der Waals surface area contributed by atoms with Crippen molar-refractivity contribution in [3.63, 3.8) is 0 Å². The highest BCUT2D eigenvalue weighted by atomic mass is 32.1. The van der Waals surface area contributed by atoms with E-state index in [1.165, 1.54) is 11.3 Å². The van der Waals surface area contributed by atoms with Gasteiger partial charge in [0.15, 0.2) is 0 Å². The zero-order valence-corrected chi connectivity index (χ0v) is 9.58. The highest BCUT2D eigenvalue weighted by Gasteiger charge is 2.15. The molecule has 0 unspecified atom stereocenters. The van der Waals surface area contributed by atoms with E-state index in [9.17, 15) is 0 Å². The van der Waals surface area contributed by atoms with Crippen LogP contribution in [0.4, 0.5) is 16.4 Å². The Morgan fingerprint density at radius 1 is 1.12 bits per heavy atom. The van der Waals surface area contributed by atoms with E-state index in [0.717, 1.165) is 5.69 Å². The lowest BCUT2D eigenvalue weighted by Crippen LogP contribution is -1.92. The van der Waals surface area contributed by atoms with Gasteiger partial charge in [0.1, 0.15) is 27.6 Å². The Balaban J connectivity index is 2.41. The summed E-state index contributed by atoms with van der Waals surface area (Å²) in [6.07, 6.45) is 0. The van der Waals surface area contributed by atoms with Gasteiger partial charge >= 0.3 is 0 Å². The van der Waals surface area contributed by atoms with Gasteiger partial charge in [0.2, 0.25) is 0 Å². The molecule has 0 saturated carbocycles. The number of nitrogens with two attached hydrogens (primary N) is 1. The van der Waals surface area contributed by atoms with Crippen LogP contribution in [0.25, 0.3) is 0 Å². The van der Waals surface area contributed by atoms with Gasteiger partial charge in [-0.2, -0.15) is 10.5 Å². The highest BCUT2D eigenvalue weighted by molar-refractivity contribution is 7.17. The number of nitrogen functional groups attached to an aromatic ring is 1. The summed E-state index contributed by atoms with van der Waals surface area (Å²) >= 11 is 1.19. The molecule has 0 spiro atoms. The van der Waals surface area contributed by atoms with E-state index in [1.54, 1.807) is 0 Å². The summed E-state index contributed by atoms with van der Waals surface area (Å²) in [7, 11) is 0. The molecule has 0 bridgehead atoms. The molecule has 3 N–H and O–H groups in total. The first-order valence-electron chi connectivity index (χ1n) is 4.80. The van der Waals surface area contributed by atoms with Gasteiger partial charge in [0.05, 0.1) is 5.69 Å². The van der Waals surface area contributed by atoms with Crippen molar-refractivity contribution in [3.8, 4) is 12.1 Å². The molecule has 0 aliphatic carbocycles. The molecule has 0 atom stereocenters. The zero-order valence-electron chi connectivity index (χ0n) is 8.77. The highest BCUT2D eigenvalue weighted by Crippen LogP contribution is 2.36. The molecule has 4 nitrogen and oxygen atoms in total. The van der Waals surface area contributed by atoms with Gasteiger partial charge in [0.25, 0.3) is 0 Å². The second kappa shape index (κ2) is 4.56. The first-order chi connectivity index (χ1) is 8.26. The fourth-order valence-corrected chi connectivity index (χ4v) is 2.27. The number of nitrogens with zero attached hydrogens (tertiary/aromatic N) is 2. The number of hydrogen-bond acceptors (Lipinski definition) is 5. The fourth-order valence-electron chi connectivity index (χ4n) is 1.38. The van der Waals surface area contributed by atoms with E-state index in [2.05, 4.69) is 5.32 Å². The topological polar surface area (TPSA) is 85.6 Å². The molecule has 0 aliphatic rings. The molecule has 1 aromatic heterocycles. The average molecular weight is 240 g/mol. The fraction of sp³-hybridized carbons (Fsp3) is 0. The van der Waals surface area contributed by atoms with Gasteiger partial charge in [-0.15, -0.1) is 11.3 Å². The van der Waals surface area contributed by atoms with Crippen LogP contribution in [-0.2, 0) is 0 Å². The average Bonchev–Trinajstić information content (AvgIpc) is 2.66. The summed E-state index contributed by atoms with van der Waals surface area (Å²) in [5.41, 5.74) is 7.14. The smallest absolute Gasteiger partial charge is 0.131 e. The summed E-state index contributed by atoms with van der Waals surface area (Å²) in [5, 5.41) is 21.6. The molecule has 0 saturated heterocycles. The predicted molar refractivity (Wildman–Crippen MR) is 67.9 cm³/mol. The first-order valence-corrected chi connectivity index (χ1v) is 5.62. The Bertz CT molecular complexity index is 616. The molecule has 5 heteroatoms. The van der Waals surface area contributed by atoms with Gasteiger partial charge in [-0.25, -0.2) is 0 Å². The standard InChI is InChI=1S/C12H8N4S/c13-6-9-11(15)10(7-14)17-12(9)16-8-4-2-1-3-5-8/h1-5,16H,15H2. The maximum Gasteiger partial charge on any atom is 0.131 e. The molecule has 0 radical (unpaired) electrons. The Hall–Kier alpha value is -2.50. The summed E-state index contributed by atoms with van der Waals surface area (Å²) in [6, 6.07) is 13.4. The van der Waals surface area contributed by atoms with Gasteiger partial charge < -0.3 is 11.1 Å². The van der Waals surface area contributed by atoms with Gasteiger partial charge in [0, 0.05) is 5.69 Å². The van der Waals surface area contributed by atoms with E-state index in [-0.39, 0.29) is 5.69 Å². The second-order valence-corrected chi connectivity index (χ2v) is 4.28. The minimum absolute atomic E-state index is 0.249. The van der Waals surface area contributed by atoms with Crippen LogP contribution in [0.3, 0.4) is 0 Å². The molecule has 17 heavy (non-hydrogen) atoms. The van der Waals surface area contributed by atoms with Crippen molar-refractivity contribution in [1.29, 1.82) is 10.5 Å². The van der Waals surface area contributed by atoms with Crippen molar-refractivity contribution < 1.29 is 0 Å². The van der Waals surface area contributed by atoms with Crippen LogP contribution in [0.15, 0.2) is 30.3 Å². The van der Waals surface area contributed by atoms with E-state index >= 15 is 0 Å². The predicted octanol–water partition coefficient (Wildman–Crippen LogP) is 2.82. The number of thiophene rings is 1. The maximum absolute atomic E-state index is 9.01. The monoisotopic (exact) mass is 240 g/mol. The molecule has 0 aliphatic heterocycles. The van der Waals surface area contributed by atoms with Crippen LogP contribution in [-0.4, -0.2) is 0 Å². The lowest BCUT2D eigenvalue weighted by Gasteiger charge is -2.02. The van der Waals surface area contributed by atoms with Crippen LogP contribution in [0.2, 0.25) is 0 Å². The number of nitrogens with one attached hydrogen (secondary N) is 1. The quantitative estimate of drug-likeness (QED) is 0.845. The van der Waals surface area contributed by atoms with Crippen LogP contribution >= 0.6 is 11.3 Å². The van der Waals surface area contributed by atoms with Crippen molar-refractivity contribution in [2.75, 3.05) is 11.1 Å². The van der Waals surface area contributed by atoms with Crippen molar-refractivity contribution in [1.82, 2.24) is 0 Å². The minimum Gasteiger partial charge on any atom is -0.396 e. The number of hydrogen-bond donors (Lipinski definition) is 2. The summed E-state index contributed by atoms with van der Waals surface area (Å²) in [6.45, 7) is 0. The minimum atomic E-state index is 0.249. The first kappa shape index (κ1) is 11.0. The van der Waals surface area contributed by atoms with Gasteiger partial charge in [-0.1, -0.05) is 18.2 Å². The van der Waals surface area contributed by atoms with E-state index in [4.69, 9.17) is 16.3 Å². The number of anilines is 3. The molecule has 1 aromatic carbocycles. The molecular weight excluding hydrogens is 232 g/mol. The van der Waals surface area contributed by atoms with Crippen molar-refractivity contribution >= 4 is 27.7 Å². The van der Waals surface area contributed by atoms with Crippen LogP contribution in [0.1, 0.15) is 10.4 Å². The van der Waals surface area contributed by atoms with Crippen molar-refractivity contribution in [3.05, 3.63) is 40.8 Å². The molecule has 82 valence electrons. The van der Waals surface area contributed by atoms with Gasteiger partial charge in [-0.05, 0) is 12.1 Å². The largest absolute Gasteiger partial charge is 0.396 e. The number of nitriles is 2. The Morgan fingerprint density at radius 2 is 1.82 bits per heavy atom. The molecular formula is C12H8N4S. The third kappa shape index (κ3) is 2.05. The van der Waals surface area contributed by atoms with Crippen LogP contribution in [0, 0.1) is 22.7 Å².